The van der Waals surface area contributed by atoms with Crippen LogP contribution in [0.3, 0.4) is 0 Å². The molecular formula is C23H19BrN4O2. The first-order valence-corrected chi connectivity index (χ1v) is 10.5. The maximum Gasteiger partial charge on any atom is 0.267 e. The lowest BCUT2D eigenvalue weighted by atomic mass is 10.0. The Morgan fingerprint density at radius 3 is 3.00 bits per heavy atom. The molecule has 0 spiro atoms. The van der Waals surface area contributed by atoms with Crippen LogP contribution in [0, 0.1) is 0 Å². The van der Waals surface area contributed by atoms with E-state index >= 15 is 0 Å². The Kier molecular flexibility index (Phi) is 4.88. The summed E-state index contributed by atoms with van der Waals surface area (Å²) >= 11 is 3.51. The number of H-pyrrole nitrogens is 2. The van der Waals surface area contributed by atoms with Crippen molar-refractivity contribution in [2.75, 3.05) is 6.61 Å². The van der Waals surface area contributed by atoms with E-state index in [1.165, 1.54) is 5.56 Å². The largest absolute Gasteiger partial charge is 0.493 e. The summed E-state index contributed by atoms with van der Waals surface area (Å²) in [6.45, 7) is 1.19. The molecule has 150 valence electrons. The highest BCUT2D eigenvalue weighted by Crippen LogP contribution is 2.32. The zero-order valence-electron chi connectivity index (χ0n) is 16.0. The predicted octanol–water partition coefficient (Wildman–Crippen LogP) is 4.70. The monoisotopic (exact) mass is 462 g/mol. The normalized spacial score (nSPS) is 12.4. The first-order chi connectivity index (χ1) is 14.7. The van der Waals surface area contributed by atoms with Crippen molar-refractivity contribution in [2.45, 2.75) is 13.0 Å². The molecule has 0 saturated carbocycles. The van der Waals surface area contributed by atoms with E-state index in [1.807, 2.05) is 48.7 Å². The van der Waals surface area contributed by atoms with E-state index in [9.17, 15) is 4.79 Å². The van der Waals surface area contributed by atoms with Gasteiger partial charge in [-0.3, -0.25) is 9.89 Å². The van der Waals surface area contributed by atoms with Gasteiger partial charge in [0.05, 0.1) is 18.5 Å². The van der Waals surface area contributed by atoms with E-state index in [1.54, 1.807) is 6.20 Å². The number of halogens is 1. The second-order valence-corrected chi connectivity index (χ2v) is 8.11. The zero-order valence-corrected chi connectivity index (χ0v) is 17.6. The fraction of sp³-hybridized carbons (Fsp3) is 0.130. The molecular weight excluding hydrogens is 444 g/mol. The fourth-order valence-electron chi connectivity index (χ4n) is 3.68. The number of hydrogen-bond acceptors (Lipinski definition) is 3. The number of rotatable bonds is 5. The molecule has 0 aliphatic carbocycles. The average molecular weight is 463 g/mol. The van der Waals surface area contributed by atoms with Gasteiger partial charge in [0.25, 0.3) is 5.91 Å². The van der Waals surface area contributed by atoms with Crippen molar-refractivity contribution in [3.05, 3.63) is 82.2 Å². The molecule has 5 rings (SSSR count). The molecule has 6 nitrogen and oxygen atoms in total. The van der Waals surface area contributed by atoms with E-state index in [0.29, 0.717) is 12.2 Å². The molecule has 30 heavy (non-hydrogen) atoms. The van der Waals surface area contributed by atoms with Crippen LogP contribution < -0.4 is 10.1 Å². The number of amides is 1. The standard InChI is InChI=1S/C23H19BrN4O2/c24-18-3-1-2-15(9-18)19-13-27-28-22(19)17-10-20(25-12-17)23(29)26-11-14-4-5-21-16(8-14)6-7-30-21/h1-5,8-10,12-13,25H,6-7,11H2,(H,26,29)(H,27,28). The van der Waals surface area contributed by atoms with Gasteiger partial charge in [-0.05, 0) is 41.0 Å². The molecule has 0 radical (unpaired) electrons. The van der Waals surface area contributed by atoms with Crippen molar-refractivity contribution in [3.63, 3.8) is 0 Å². The van der Waals surface area contributed by atoms with E-state index in [2.05, 4.69) is 42.5 Å². The molecule has 1 aliphatic rings. The van der Waals surface area contributed by atoms with Gasteiger partial charge in [-0.25, -0.2) is 0 Å². The number of aromatic nitrogens is 3. The lowest BCUT2D eigenvalue weighted by Crippen LogP contribution is -2.23. The quantitative estimate of drug-likeness (QED) is 0.401. The summed E-state index contributed by atoms with van der Waals surface area (Å²) in [6.07, 6.45) is 4.53. The highest BCUT2D eigenvalue weighted by molar-refractivity contribution is 9.10. The van der Waals surface area contributed by atoms with Crippen molar-refractivity contribution in [1.82, 2.24) is 20.5 Å². The van der Waals surface area contributed by atoms with E-state index < -0.39 is 0 Å². The maximum absolute atomic E-state index is 12.6. The summed E-state index contributed by atoms with van der Waals surface area (Å²) in [4.78, 5) is 15.7. The molecule has 0 atom stereocenters. The Balaban J connectivity index is 1.31. The van der Waals surface area contributed by atoms with Crippen LogP contribution in [0.1, 0.15) is 21.6 Å². The minimum Gasteiger partial charge on any atom is -0.493 e. The summed E-state index contributed by atoms with van der Waals surface area (Å²) in [5.41, 5.74) is 6.52. The van der Waals surface area contributed by atoms with Gasteiger partial charge in [0.1, 0.15) is 11.4 Å². The number of benzene rings is 2. The van der Waals surface area contributed by atoms with Crippen LogP contribution >= 0.6 is 15.9 Å². The Bertz CT molecular complexity index is 1230. The number of nitrogens with one attached hydrogen (secondary N) is 3. The number of carbonyl (C=O) groups is 1. The molecule has 4 aromatic rings. The third kappa shape index (κ3) is 3.64. The van der Waals surface area contributed by atoms with Gasteiger partial charge in [-0.1, -0.05) is 40.2 Å². The molecule has 0 fully saturated rings. The number of nitrogens with zero attached hydrogens (tertiary/aromatic N) is 1. The van der Waals surface area contributed by atoms with Crippen LogP contribution in [0.5, 0.6) is 5.75 Å². The molecule has 0 saturated heterocycles. The van der Waals surface area contributed by atoms with Gasteiger partial charge < -0.3 is 15.0 Å². The molecule has 1 aliphatic heterocycles. The Morgan fingerprint density at radius 2 is 2.10 bits per heavy atom. The zero-order chi connectivity index (χ0) is 20.5. The first kappa shape index (κ1) is 18.7. The minimum atomic E-state index is -0.151. The van der Waals surface area contributed by atoms with Crippen molar-refractivity contribution in [3.8, 4) is 28.1 Å². The van der Waals surface area contributed by atoms with Crippen molar-refractivity contribution in [1.29, 1.82) is 0 Å². The molecule has 3 heterocycles. The first-order valence-electron chi connectivity index (χ1n) is 9.68. The van der Waals surface area contributed by atoms with Gasteiger partial charge >= 0.3 is 0 Å². The van der Waals surface area contributed by atoms with Gasteiger partial charge in [-0.15, -0.1) is 0 Å². The van der Waals surface area contributed by atoms with Crippen LogP contribution in [-0.4, -0.2) is 27.7 Å². The number of carbonyl (C=O) groups excluding carboxylic acids is 1. The van der Waals surface area contributed by atoms with E-state index in [-0.39, 0.29) is 5.91 Å². The summed E-state index contributed by atoms with van der Waals surface area (Å²) in [7, 11) is 0. The molecule has 0 unspecified atom stereocenters. The third-order valence-corrected chi connectivity index (χ3v) is 5.69. The van der Waals surface area contributed by atoms with Crippen molar-refractivity contribution >= 4 is 21.8 Å². The highest BCUT2D eigenvalue weighted by Gasteiger charge is 2.16. The summed E-state index contributed by atoms with van der Waals surface area (Å²) in [5.74, 6) is 0.793. The Morgan fingerprint density at radius 1 is 1.17 bits per heavy atom. The van der Waals surface area contributed by atoms with Gasteiger partial charge in [-0.2, -0.15) is 5.10 Å². The van der Waals surface area contributed by atoms with Gasteiger partial charge in [0.2, 0.25) is 0 Å². The number of fused-ring (bicyclic) bond motifs is 1. The molecule has 7 heteroatoms. The Labute approximate surface area is 181 Å². The van der Waals surface area contributed by atoms with Crippen LogP contribution in [0.15, 0.2) is 65.4 Å². The maximum atomic E-state index is 12.6. The minimum absolute atomic E-state index is 0.151. The number of ether oxygens (including phenoxy) is 1. The second-order valence-electron chi connectivity index (χ2n) is 7.19. The Hall–Kier alpha value is -3.32. The lowest BCUT2D eigenvalue weighted by Gasteiger charge is -2.06. The third-order valence-electron chi connectivity index (χ3n) is 5.20. The van der Waals surface area contributed by atoms with Crippen LogP contribution in [0.2, 0.25) is 0 Å². The van der Waals surface area contributed by atoms with Crippen molar-refractivity contribution in [2.24, 2.45) is 0 Å². The summed E-state index contributed by atoms with van der Waals surface area (Å²) in [6, 6.07) is 15.9. The summed E-state index contributed by atoms with van der Waals surface area (Å²) in [5, 5.41) is 10.2. The summed E-state index contributed by atoms with van der Waals surface area (Å²) < 4.78 is 6.53. The molecule has 3 N–H and O–H groups in total. The highest BCUT2D eigenvalue weighted by atomic mass is 79.9. The average Bonchev–Trinajstić information content (AvgIpc) is 3.51. The second kappa shape index (κ2) is 7.84. The van der Waals surface area contributed by atoms with Crippen LogP contribution in [-0.2, 0) is 13.0 Å². The number of hydrogen-bond donors (Lipinski definition) is 3. The lowest BCUT2D eigenvalue weighted by molar-refractivity contribution is 0.0946. The van der Waals surface area contributed by atoms with Crippen LogP contribution in [0.25, 0.3) is 22.4 Å². The predicted molar refractivity (Wildman–Crippen MR) is 118 cm³/mol. The molecule has 0 bridgehead atoms. The van der Waals surface area contributed by atoms with Crippen molar-refractivity contribution < 1.29 is 9.53 Å². The smallest absolute Gasteiger partial charge is 0.267 e. The molecule has 2 aromatic carbocycles. The number of aromatic amines is 2. The van der Waals surface area contributed by atoms with Crippen LogP contribution in [0.4, 0.5) is 0 Å². The van der Waals surface area contributed by atoms with Gasteiger partial charge in [0.15, 0.2) is 0 Å². The molecule has 2 aromatic heterocycles. The molecule has 1 amide bonds. The van der Waals surface area contributed by atoms with Gasteiger partial charge in [0, 0.05) is 34.8 Å². The fourth-order valence-corrected chi connectivity index (χ4v) is 4.08. The topological polar surface area (TPSA) is 82.8 Å². The van der Waals surface area contributed by atoms with E-state index in [4.69, 9.17) is 4.74 Å². The van der Waals surface area contributed by atoms with E-state index in [0.717, 1.165) is 51.2 Å². The SMILES string of the molecule is O=C(NCc1ccc2c(c1)CCO2)c1cc(-c2[nH]ncc2-c2cccc(Br)c2)c[nH]1.